The third kappa shape index (κ3) is 3.44. The molecule has 1 aliphatic carbocycles. The Bertz CT molecular complexity index is 416. The topological polar surface area (TPSA) is 77.2 Å². The number of rotatable bonds is 5. The number of nitrogens with one attached hydrogen (secondary N) is 1. The van der Waals surface area contributed by atoms with Crippen LogP contribution < -0.4 is 15.8 Å². The largest absolute Gasteiger partial charge is 0.479 e. The first-order valence-corrected chi connectivity index (χ1v) is 6.74. The van der Waals surface area contributed by atoms with Crippen LogP contribution in [0.25, 0.3) is 0 Å². The summed E-state index contributed by atoms with van der Waals surface area (Å²) in [5.74, 6) is 0.481. The maximum atomic E-state index is 12.2. The highest BCUT2D eigenvalue weighted by atomic mass is 16.5. The van der Waals surface area contributed by atoms with Crippen LogP contribution in [-0.2, 0) is 4.79 Å². The molecule has 1 amide bonds. The summed E-state index contributed by atoms with van der Waals surface area (Å²) in [5.41, 5.74) is 5.57. The van der Waals surface area contributed by atoms with E-state index in [2.05, 4.69) is 10.3 Å². The van der Waals surface area contributed by atoms with Crippen molar-refractivity contribution in [2.75, 3.05) is 6.54 Å². The molecule has 1 aromatic rings. The predicted molar refractivity (Wildman–Crippen MR) is 72.7 cm³/mol. The number of pyridine rings is 1. The van der Waals surface area contributed by atoms with Crippen LogP contribution >= 0.6 is 0 Å². The van der Waals surface area contributed by atoms with Crippen molar-refractivity contribution in [3.8, 4) is 5.75 Å². The minimum atomic E-state index is -0.548. The van der Waals surface area contributed by atoms with Gasteiger partial charge in [0, 0.05) is 12.7 Å². The molecule has 0 radical (unpaired) electrons. The standard InChI is InChI=1S/C14H21N3O2/c1-11(19-12-5-4-8-16-9-12)13(18)17-14(10-15)6-2-3-7-14/h4-5,8-9,11H,2-3,6-7,10,15H2,1H3,(H,17,18). The van der Waals surface area contributed by atoms with Crippen LogP contribution in [0.1, 0.15) is 32.6 Å². The number of hydrogen-bond acceptors (Lipinski definition) is 4. The lowest BCUT2D eigenvalue weighted by molar-refractivity contribution is -0.129. The van der Waals surface area contributed by atoms with Crippen LogP contribution in [0, 0.1) is 0 Å². The van der Waals surface area contributed by atoms with E-state index in [1.165, 1.54) is 0 Å². The van der Waals surface area contributed by atoms with E-state index in [-0.39, 0.29) is 11.4 Å². The Balaban J connectivity index is 1.92. The van der Waals surface area contributed by atoms with E-state index in [9.17, 15) is 4.79 Å². The molecule has 2 rings (SSSR count). The molecule has 1 aromatic heterocycles. The second-order valence-corrected chi connectivity index (χ2v) is 5.13. The van der Waals surface area contributed by atoms with Gasteiger partial charge in [-0.05, 0) is 31.9 Å². The van der Waals surface area contributed by atoms with Gasteiger partial charge in [-0.2, -0.15) is 0 Å². The average molecular weight is 263 g/mol. The van der Waals surface area contributed by atoms with E-state index < -0.39 is 6.10 Å². The SMILES string of the molecule is CC(Oc1cccnc1)C(=O)NC1(CN)CCCC1. The quantitative estimate of drug-likeness (QED) is 0.838. The fourth-order valence-electron chi connectivity index (χ4n) is 2.47. The van der Waals surface area contributed by atoms with Crippen molar-refractivity contribution in [1.82, 2.24) is 10.3 Å². The highest BCUT2D eigenvalue weighted by Gasteiger charge is 2.35. The van der Waals surface area contributed by atoms with Gasteiger partial charge in [0.15, 0.2) is 6.10 Å². The van der Waals surface area contributed by atoms with Crippen molar-refractivity contribution < 1.29 is 9.53 Å². The molecule has 1 aliphatic rings. The summed E-state index contributed by atoms with van der Waals surface area (Å²) < 4.78 is 5.56. The lowest BCUT2D eigenvalue weighted by Gasteiger charge is -2.30. The maximum absolute atomic E-state index is 12.2. The second kappa shape index (κ2) is 6.02. The van der Waals surface area contributed by atoms with Crippen LogP contribution in [0.4, 0.5) is 0 Å². The molecule has 104 valence electrons. The summed E-state index contributed by atoms with van der Waals surface area (Å²) in [6.45, 7) is 2.22. The van der Waals surface area contributed by atoms with Crippen molar-refractivity contribution in [3.05, 3.63) is 24.5 Å². The number of amides is 1. The van der Waals surface area contributed by atoms with E-state index >= 15 is 0 Å². The van der Waals surface area contributed by atoms with Gasteiger partial charge < -0.3 is 15.8 Å². The number of carbonyl (C=O) groups is 1. The molecule has 3 N–H and O–H groups in total. The van der Waals surface area contributed by atoms with Gasteiger partial charge in [0.1, 0.15) is 5.75 Å². The van der Waals surface area contributed by atoms with Gasteiger partial charge in [0.05, 0.1) is 11.7 Å². The number of hydrogen-bond donors (Lipinski definition) is 2. The Morgan fingerprint density at radius 1 is 1.58 bits per heavy atom. The molecule has 0 aliphatic heterocycles. The zero-order valence-electron chi connectivity index (χ0n) is 11.3. The lowest BCUT2D eigenvalue weighted by atomic mass is 9.97. The van der Waals surface area contributed by atoms with Gasteiger partial charge in [-0.25, -0.2) is 0 Å². The Morgan fingerprint density at radius 3 is 2.89 bits per heavy atom. The van der Waals surface area contributed by atoms with Gasteiger partial charge in [0.25, 0.3) is 5.91 Å². The molecule has 5 nitrogen and oxygen atoms in total. The normalized spacial score (nSPS) is 18.8. The molecule has 1 saturated carbocycles. The van der Waals surface area contributed by atoms with Crippen LogP contribution in [0.3, 0.4) is 0 Å². The smallest absolute Gasteiger partial charge is 0.261 e. The molecule has 0 saturated heterocycles. The van der Waals surface area contributed by atoms with Gasteiger partial charge in [0.2, 0.25) is 0 Å². The highest BCUT2D eigenvalue weighted by molar-refractivity contribution is 5.81. The Hall–Kier alpha value is -1.62. The monoisotopic (exact) mass is 263 g/mol. The number of nitrogens with zero attached hydrogens (tertiary/aromatic N) is 1. The molecule has 1 heterocycles. The molecule has 1 unspecified atom stereocenters. The molecule has 0 bridgehead atoms. The molecular formula is C14H21N3O2. The Kier molecular flexibility index (Phi) is 4.37. The van der Waals surface area contributed by atoms with E-state index in [0.29, 0.717) is 12.3 Å². The minimum Gasteiger partial charge on any atom is -0.479 e. The zero-order valence-corrected chi connectivity index (χ0v) is 11.3. The fraction of sp³-hybridized carbons (Fsp3) is 0.571. The van der Waals surface area contributed by atoms with Crippen molar-refractivity contribution in [2.24, 2.45) is 5.73 Å². The lowest BCUT2D eigenvalue weighted by Crippen LogP contribution is -2.54. The summed E-state index contributed by atoms with van der Waals surface area (Å²) in [4.78, 5) is 16.1. The second-order valence-electron chi connectivity index (χ2n) is 5.13. The molecule has 1 fully saturated rings. The summed E-state index contributed by atoms with van der Waals surface area (Å²) >= 11 is 0. The molecule has 0 aromatic carbocycles. The van der Waals surface area contributed by atoms with Crippen molar-refractivity contribution in [3.63, 3.8) is 0 Å². The summed E-state index contributed by atoms with van der Waals surface area (Å²) in [6.07, 6.45) is 6.86. The predicted octanol–water partition coefficient (Wildman–Crippen LogP) is 1.24. The fourth-order valence-corrected chi connectivity index (χ4v) is 2.47. The molecule has 5 heteroatoms. The minimum absolute atomic E-state index is 0.115. The van der Waals surface area contributed by atoms with Gasteiger partial charge in [-0.1, -0.05) is 12.8 Å². The van der Waals surface area contributed by atoms with E-state index in [1.807, 2.05) is 0 Å². The Labute approximate surface area is 113 Å². The molecule has 0 spiro atoms. The molecule has 1 atom stereocenters. The number of carbonyl (C=O) groups excluding carboxylic acids is 1. The van der Waals surface area contributed by atoms with Crippen LogP contribution in [-0.4, -0.2) is 29.1 Å². The molecular weight excluding hydrogens is 242 g/mol. The van der Waals surface area contributed by atoms with E-state index in [0.717, 1.165) is 25.7 Å². The maximum Gasteiger partial charge on any atom is 0.261 e. The number of ether oxygens (including phenoxy) is 1. The van der Waals surface area contributed by atoms with Crippen molar-refractivity contribution in [2.45, 2.75) is 44.2 Å². The molecule has 19 heavy (non-hydrogen) atoms. The van der Waals surface area contributed by atoms with Crippen LogP contribution in [0.15, 0.2) is 24.5 Å². The first kappa shape index (κ1) is 13.8. The first-order chi connectivity index (χ1) is 9.15. The van der Waals surface area contributed by atoms with Crippen molar-refractivity contribution in [1.29, 1.82) is 0 Å². The van der Waals surface area contributed by atoms with Crippen molar-refractivity contribution >= 4 is 5.91 Å². The first-order valence-electron chi connectivity index (χ1n) is 6.74. The number of nitrogens with two attached hydrogens (primary N) is 1. The average Bonchev–Trinajstić information content (AvgIpc) is 2.89. The Morgan fingerprint density at radius 2 is 2.32 bits per heavy atom. The summed E-state index contributed by atoms with van der Waals surface area (Å²) in [6, 6.07) is 3.56. The third-order valence-corrected chi connectivity index (χ3v) is 3.66. The number of aromatic nitrogens is 1. The summed E-state index contributed by atoms with van der Waals surface area (Å²) in [7, 11) is 0. The van der Waals surface area contributed by atoms with Gasteiger partial charge in [-0.3, -0.25) is 9.78 Å². The zero-order chi connectivity index (χ0) is 13.7. The van der Waals surface area contributed by atoms with Gasteiger partial charge in [-0.15, -0.1) is 0 Å². The van der Waals surface area contributed by atoms with Crippen LogP contribution in [0.5, 0.6) is 5.75 Å². The van der Waals surface area contributed by atoms with E-state index in [4.69, 9.17) is 10.5 Å². The van der Waals surface area contributed by atoms with E-state index in [1.54, 1.807) is 31.5 Å². The highest BCUT2D eigenvalue weighted by Crippen LogP contribution is 2.28. The third-order valence-electron chi connectivity index (χ3n) is 3.66. The summed E-state index contributed by atoms with van der Waals surface area (Å²) in [5, 5.41) is 3.05. The van der Waals surface area contributed by atoms with Gasteiger partial charge >= 0.3 is 0 Å². The van der Waals surface area contributed by atoms with Crippen LogP contribution in [0.2, 0.25) is 0 Å².